The van der Waals surface area contributed by atoms with Gasteiger partial charge in [-0.05, 0) is 18.6 Å². The Morgan fingerprint density at radius 3 is 2.87 bits per heavy atom. The Balaban J connectivity index is 1.76. The molecule has 0 saturated carbocycles. The molecule has 3 heterocycles. The van der Waals surface area contributed by atoms with Gasteiger partial charge in [-0.2, -0.15) is 13.2 Å². The zero-order valence-electron chi connectivity index (χ0n) is 16.2. The first kappa shape index (κ1) is 22.0. The van der Waals surface area contributed by atoms with Crippen LogP contribution in [0.25, 0.3) is 11.4 Å². The monoisotopic (exact) mass is 442 g/mol. The summed E-state index contributed by atoms with van der Waals surface area (Å²) in [4.78, 5) is 26.3. The second kappa shape index (κ2) is 9.85. The first-order chi connectivity index (χ1) is 14.4. The number of thiazole rings is 1. The maximum atomic E-state index is 12.9. The number of aliphatic imine (C=N–C) groups is 1. The lowest BCUT2D eigenvalue weighted by molar-refractivity contribution is -0.141. The van der Waals surface area contributed by atoms with Gasteiger partial charge in [0.2, 0.25) is 0 Å². The van der Waals surface area contributed by atoms with Gasteiger partial charge < -0.3 is 20.3 Å². The van der Waals surface area contributed by atoms with Crippen molar-refractivity contribution in [3.05, 3.63) is 29.3 Å². The van der Waals surface area contributed by atoms with E-state index in [0.29, 0.717) is 27.4 Å². The maximum absolute atomic E-state index is 12.9. The van der Waals surface area contributed by atoms with E-state index in [1.165, 1.54) is 24.5 Å². The van der Waals surface area contributed by atoms with Crippen LogP contribution in [-0.2, 0) is 4.74 Å². The number of nitrogens with zero attached hydrogens (tertiary/aromatic N) is 4. The van der Waals surface area contributed by atoms with Crippen LogP contribution in [-0.4, -0.2) is 72.8 Å². The molecule has 12 heteroatoms. The summed E-state index contributed by atoms with van der Waals surface area (Å²) < 4.78 is 43.4. The quantitative estimate of drug-likeness (QED) is 0.685. The minimum Gasteiger partial charge on any atom is -0.383 e. The van der Waals surface area contributed by atoms with Crippen molar-refractivity contribution in [2.24, 2.45) is 4.99 Å². The molecule has 2 N–H and O–H groups in total. The van der Waals surface area contributed by atoms with Crippen molar-refractivity contribution in [2.75, 3.05) is 45.2 Å². The molecule has 1 amide bonds. The molecule has 0 spiro atoms. The number of hydrogen-bond acceptors (Lipinski definition) is 8. The zero-order chi connectivity index (χ0) is 21.6. The van der Waals surface area contributed by atoms with E-state index in [-0.39, 0.29) is 18.8 Å². The van der Waals surface area contributed by atoms with E-state index in [1.54, 1.807) is 17.5 Å². The van der Waals surface area contributed by atoms with Gasteiger partial charge in [-0.25, -0.2) is 9.97 Å². The number of hydrogen-bond donors (Lipinski definition) is 2. The summed E-state index contributed by atoms with van der Waals surface area (Å²) in [5.41, 5.74) is 0.809. The SMILES string of the molecule is COCCN(CC(F)(F)F)C(=O)c1cccc(-c2csc(NC3=NCCCN3)n2)n1. The van der Waals surface area contributed by atoms with Crippen molar-refractivity contribution in [3.63, 3.8) is 0 Å². The van der Waals surface area contributed by atoms with Crippen LogP contribution >= 0.6 is 11.3 Å². The number of anilines is 1. The highest BCUT2D eigenvalue weighted by Gasteiger charge is 2.33. The molecule has 8 nitrogen and oxygen atoms in total. The molecule has 2 aromatic heterocycles. The number of alkyl halides is 3. The minimum absolute atomic E-state index is 0.0133. The molecular weight excluding hydrogens is 421 g/mol. The standard InChI is InChI=1S/C18H21F3N6O2S/c1-29-9-8-27(11-18(19,20)21)15(28)13-5-2-4-12(24-13)14-10-30-17(25-14)26-16-22-6-3-7-23-16/h2,4-5,10H,3,6-9,11H2,1H3,(H2,22,23,25,26). The Bertz CT molecular complexity index is 902. The number of amides is 1. The number of aromatic nitrogens is 2. The van der Waals surface area contributed by atoms with E-state index in [0.717, 1.165) is 19.5 Å². The van der Waals surface area contributed by atoms with Crippen molar-refractivity contribution >= 4 is 28.3 Å². The summed E-state index contributed by atoms with van der Waals surface area (Å²) in [6.07, 6.45) is -3.55. The van der Waals surface area contributed by atoms with Crippen molar-refractivity contribution in [1.82, 2.24) is 20.2 Å². The van der Waals surface area contributed by atoms with Crippen molar-refractivity contribution in [2.45, 2.75) is 12.6 Å². The van der Waals surface area contributed by atoms with Crippen LogP contribution in [0, 0.1) is 0 Å². The molecule has 0 fully saturated rings. The van der Waals surface area contributed by atoms with E-state index in [9.17, 15) is 18.0 Å². The molecule has 30 heavy (non-hydrogen) atoms. The van der Waals surface area contributed by atoms with Crippen LogP contribution < -0.4 is 10.6 Å². The Morgan fingerprint density at radius 2 is 2.17 bits per heavy atom. The number of carbonyl (C=O) groups excluding carboxylic acids is 1. The lowest BCUT2D eigenvalue weighted by Crippen LogP contribution is -2.41. The Hall–Kier alpha value is -2.73. The summed E-state index contributed by atoms with van der Waals surface area (Å²) in [5, 5.41) is 8.55. The molecule has 2 aromatic rings. The Morgan fingerprint density at radius 1 is 1.33 bits per heavy atom. The highest BCUT2D eigenvalue weighted by Crippen LogP contribution is 2.24. The third-order valence-electron chi connectivity index (χ3n) is 4.08. The predicted octanol–water partition coefficient (Wildman–Crippen LogP) is 2.62. The van der Waals surface area contributed by atoms with Gasteiger partial charge >= 0.3 is 6.18 Å². The van der Waals surface area contributed by atoms with Gasteiger partial charge in [0.25, 0.3) is 5.91 Å². The van der Waals surface area contributed by atoms with Gasteiger partial charge in [-0.1, -0.05) is 6.07 Å². The summed E-state index contributed by atoms with van der Waals surface area (Å²) in [6, 6.07) is 4.60. The summed E-state index contributed by atoms with van der Waals surface area (Å²) >= 11 is 1.33. The summed E-state index contributed by atoms with van der Waals surface area (Å²) in [6.45, 7) is -0.0216. The fourth-order valence-corrected chi connectivity index (χ4v) is 3.40. The minimum atomic E-state index is -4.52. The average Bonchev–Trinajstić information content (AvgIpc) is 3.19. The van der Waals surface area contributed by atoms with E-state index < -0.39 is 18.6 Å². The van der Waals surface area contributed by atoms with Crippen LogP contribution in [0.15, 0.2) is 28.6 Å². The van der Waals surface area contributed by atoms with Crippen molar-refractivity contribution in [3.8, 4) is 11.4 Å². The molecular formula is C18H21F3N6O2S. The zero-order valence-corrected chi connectivity index (χ0v) is 17.0. The Kier molecular flexibility index (Phi) is 7.21. The van der Waals surface area contributed by atoms with Crippen LogP contribution in [0.2, 0.25) is 0 Å². The van der Waals surface area contributed by atoms with Gasteiger partial charge in [0.05, 0.1) is 12.3 Å². The summed E-state index contributed by atoms with van der Waals surface area (Å²) in [5.74, 6) is -0.180. The molecule has 0 saturated heterocycles. The molecule has 0 aliphatic carbocycles. The number of ether oxygens (including phenoxy) is 1. The third kappa shape index (κ3) is 6.13. The topological polar surface area (TPSA) is 91.7 Å². The van der Waals surface area contributed by atoms with Crippen LogP contribution in [0.1, 0.15) is 16.9 Å². The number of guanidine groups is 1. The molecule has 3 rings (SSSR count). The highest BCUT2D eigenvalue weighted by molar-refractivity contribution is 7.14. The molecule has 162 valence electrons. The van der Waals surface area contributed by atoms with Crippen molar-refractivity contribution in [1.29, 1.82) is 0 Å². The van der Waals surface area contributed by atoms with Crippen LogP contribution in [0.4, 0.5) is 18.3 Å². The van der Waals surface area contributed by atoms with Gasteiger partial charge in [-0.3, -0.25) is 9.79 Å². The van der Waals surface area contributed by atoms with Crippen LogP contribution in [0.3, 0.4) is 0 Å². The fourth-order valence-electron chi connectivity index (χ4n) is 2.70. The van der Waals surface area contributed by atoms with E-state index >= 15 is 0 Å². The van der Waals surface area contributed by atoms with E-state index in [4.69, 9.17) is 4.74 Å². The molecule has 0 radical (unpaired) electrons. The normalized spacial score (nSPS) is 14.1. The predicted molar refractivity (Wildman–Crippen MR) is 108 cm³/mol. The third-order valence-corrected chi connectivity index (χ3v) is 4.84. The van der Waals surface area contributed by atoms with E-state index in [1.807, 2.05) is 0 Å². The first-order valence-electron chi connectivity index (χ1n) is 9.19. The Labute approximate surface area is 175 Å². The summed E-state index contributed by atoms with van der Waals surface area (Å²) in [7, 11) is 1.36. The van der Waals surface area contributed by atoms with Crippen LogP contribution in [0.5, 0.6) is 0 Å². The van der Waals surface area contributed by atoms with Gasteiger partial charge in [0.1, 0.15) is 17.9 Å². The smallest absolute Gasteiger partial charge is 0.383 e. The highest BCUT2D eigenvalue weighted by atomic mass is 32.1. The second-order valence-corrected chi connectivity index (χ2v) is 7.27. The van der Waals surface area contributed by atoms with Gasteiger partial charge in [0.15, 0.2) is 11.1 Å². The molecule has 1 aliphatic rings. The second-order valence-electron chi connectivity index (χ2n) is 6.42. The molecule has 0 atom stereocenters. The molecule has 0 aromatic carbocycles. The fraction of sp³-hybridized carbons (Fsp3) is 0.444. The molecule has 1 aliphatic heterocycles. The number of nitrogens with one attached hydrogen (secondary N) is 2. The van der Waals surface area contributed by atoms with Crippen molar-refractivity contribution < 1.29 is 22.7 Å². The largest absolute Gasteiger partial charge is 0.406 e. The number of rotatable bonds is 7. The van der Waals surface area contributed by atoms with Gasteiger partial charge in [-0.15, -0.1) is 11.3 Å². The number of carbonyl (C=O) groups is 1. The molecule has 0 unspecified atom stereocenters. The lowest BCUT2D eigenvalue weighted by atomic mass is 10.2. The number of halogens is 3. The van der Waals surface area contributed by atoms with Gasteiger partial charge in [0, 0.05) is 32.1 Å². The number of methoxy groups -OCH3 is 1. The van der Waals surface area contributed by atoms with E-state index in [2.05, 4.69) is 25.6 Å². The average molecular weight is 442 g/mol. The molecule has 0 bridgehead atoms. The lowest BCUT2D eigenvalue weighted by Gasteiger charge is -2.23. The maximum Gasteiger partial charge on any atom is 0.406 e. The number of pyridine rings is 1. The first-order valence-corrected chi connectivity index (χ1v) is 10.1.